The Bertz CT molecular complexity index is 656. The molecule has 0 aliphatic heterocycles. The molecule has 1 aliphatic rings. The van der Waals surface area contributed by atoms with Gasteiger partial charge in [0.1, 0.15) is 0 Å². The summed E-state index contributed by atoms with van der Waals surface area (Å²) in [7, 11) is 0. The van der Waals surface area contributed by atoms with Gasteiger partial charge >= 0.3 is 0 Å². The second-order valence-electron chi connectivity index (χ2n) is 4.70. The predicted octanol–water partition coefficient (Wildman–Crippen LogP) is -0.684. The van der Waals surface area contributed by atoms with Crippen molar-refractivity contribution in [3.05, 3.63) is 66.6 Å². The van der Waals surface area contributed by atoms with Crippen LogP contribution in [0.5, 0.6) is 0 Å². The number of carbonyl (C=O) groups is 1. The van der Waals surface area contributed by atoms with E-state index < -0.39 is 0 Å². The van der Waals surface area contributed by atoms with E-state index in [-0.39, 0.29) is 18.3 Å². The Hall–Kier alpha value is -2.33. The van der Waals surface area contributed by atoms with Crippen molar-refractivity contribution >= 4 is 17.3 Å². The zero-order chi connectivity index (χ0) is 13.8. The Morgan fingerprint density at radius 1 is 1.05 bits per heavy atom. The highest BCUT2D eigenvalue weighted by atomic mass is 35.5. The lowest BCUT2D eigenvalue weighted by atomic mass is 10.2. The number of pyridine rings is 1. The smallest absolute Gasteiger partial charge is 0.290 e. The molecule has 5 heteroatoms. The molecular weight excluding hydrogens is 286 g/mol. The number of para-hydroxylation sites is 2. The third-order valence-corrected chi connectivity index (χ3v) is 3.01. The van der Waals surface area contributed by atoms with E-state index >= 15 is 0 Å². The molecule has 21 heavy (non-hydrogen) atoms. The summed E-state index contributed by atoms with van der Waals surface area (Å²) in [5.74, 6) is -0.0415. The highest BCUT2D eigenvalue weighted by Crippen LogP contribution is 2.27. The third-order valence-electron chi connectivity index (χ3n) is 3.01. The van der Waals surface area contributed by atoms with Crippen LogP contribution in [0.4, 0.5) is 11.4 Å². The maximum absolute atomic E-state index is 12.1. The molecule has 0 bridgehead atoms. The van der Waals surface area contributed by atoms with Crippen LogP contribution in [0.2, 0.25) is 0 Å². The number of hydrogen-bond acceptors (Lipinski definition) is 2. The number of allylic oxidation sites excluding steroid dienone is 2. The van der Waals surface area contributed by atoms with E-state index in [1.807, 2.05) is 59.4 Å². The average Bonchev–Trinajstić information content (AvgIpc) is 3.26. The van der Waals surface area contributed by atoms with Gasteiger partial charge in [0, 0.05) is 24.3 Å². The summed E-state index contributed by atoms with van der Waals surface area (Å²) < 4.78 is 1.84. The molecule has 3 rings (SSSR count). The van der Waals surface area contributed by atoms with Gasteiger partial charge in [-0.05, 0) is 12.1 Å². The fourth-order valence-electron chi connectivity index (χ4n) is 1.92. The molecule has 1 heterocycles. The Kier molecular flexibility index (Phi) is 4.95. The van der Waals surface area contributed by atoms with Crippen molar-refractivity contribution in [2.45, 2.75) is 13.0 Å². The molecule has 1 aromatic carbocycles. The number of anilines is 2. The van der Waals surface area contributed by atoms with Crippen LogP contribution in [0, 0.1) is 0 Å². The standard InChI is InChI=1S/C16H15N3O.ClH/c20-16(12-19-10-4-1-5-11-19)18-15-7-3-2-6-14(15)17-13-8-9-13;/h1-8,10-11,17H,9,12H2;1H. The van der Waals surface area contributed by atoms with Crippen molar-refractivity contribution in [2.24, 2.45) is 0 Å². The fraction of sp³-hybridized carbons (Fsp3) is 0.125. The number of benzene rings is 1. The number of hydrogen-bond donors (Lipinski definition) is 2. The monoisotopic (exact) mass is 301 g/mol. The van der Waals surface area contributed by atoms with Crippen LogP contribution >= 0.6 is 0 Å². The molecule has 1 amide bonds. The van der Waals surface area contributed by atoms with Gasteiger partial charge in [-0.25, -0.2) is 0 Å². The quantitative estimate of drug-likeness (QED) is 0.719. The lowest BCUT2D eigenvalue weighted by Gasteiger charge is -2.10. The minimum absolute atomic E-state index is 0. The minimum atomic E-state index is -0.0415. The van der Waals surface area contributed by atoms with Crippen molar-refractivity contribution in [1.82, 2.24) is 0 Å². The van der Waals surface area contributed by atoms with Crippen LogP contribution in [0.3, 0.4) is 0 Å². The zero-order valence-corrected chi connectivity index (χ0v) is 12.2. The Morgan fingerprint density at radius 3 is 2.38 bits per heavy atom. The highest BCUT2D eigenvalue weighted by molar-refractivity contribution is 5.93. The molecule has 0 radical (unpaired) electrons. The lowest BCUT2D eigenvalue weighted by molar-refractivity contribution is -0.684. The molecule has 4 nitrogen and oxygen atoms in total. The van der Waals surface area contributed by atoms with E-state index in [1.54, 1.807) is 0 Å². The number of nitrogens with zero attached hydrogens (tertiary/aromatic N) is 1. The second-order valence-corrected chi connectivity index (χ2v) is 4.70. The summed E-state index contributed by atoms with van der Waals surface area (Å²) in [4.78, 5) is 12.1. The maximum Gasteiger partial charge on any atom is 0.290 e. The second kappa shape index (κ2) is 6.90. The molecule has 2 aromatic rings. The van der Waals surface area contributed by atoms with Crippen LogP contribution in [-0.2, 0) is 11.3 Å². The number of aromatic nitrogens is 1. The number of nitrogens with one attached hydrogen (secondary N) is 2. The summed E-state index contributed by atoms with van der Waals surface area (Å²) in [6, 6.07) is 13.5. The highest BCUT2D eigenvalue weighted by Gasteiger charge is 2.13. The van der Waals surface area contributed by atoms with E-state index in [2.05, 4.69) is 16.7 Å². The van der Waals surface area contributed by atoms with E-state index in [0.717, 1.165) is 17.8 Å². The molecule has 0 unspecified atom stereocenters. The van der Waals surface area contributed by atoms with Crippen molar-refractivity contribution in [3.8, 4) is 0 Å². The van der Waals surface area contributed by atoms with Gasteiger partial charge in [0.05, 0.1) is 11.4 Å². The van der Waals surface area contributed by atoms with E-state index in [0.29, 0.717) is 6.54 Å². The topological polar surface area (TPSA) is 45.0 Å². The summed E-state index contributed by atoms with van der Waals surface area (Å²) in [6.45, 7) is 0.303. The first-order valence-electron chi connectivity index (χ1n) is 6.60. The first kappa shape index (κ1) is 15.1. The van der Waals surface area contributed by atoms with Crippen LogP contribution in [0.25, 0.3) is 0 Å². The molecule has 2 N–H and O–H groups in total. The third kappa shape index (κ3) is 4.33. The van der Waals surface area contributed by atoms with Crippen molar-refractivity contribution in [2.75, 3.05) is 10.6 Å². The van der Waals surface area contributed by atoms with Crippen molar-refractivity contribution < 1.29 is 21.8 Å². The van der Waals surface area contributed by atoms with Gasteiger partial charge in [-0.15, -0.1) is 0 Å². The number of halogens is 1. The van der Waals surface area contributed by atoms with Gasteiger partial charge in [-0.1, -0.05) is 24.3 Å². The van der Waals surface area contributed by atoms with Gasteiger partial charge in [0.25, 0.3) is 5.91 Å². The van der Waals surface area contributed by atoms with Crippen LogP contribution in [0.1, 0.15) is 6.42 Å². The first-order valence-corrected chi connectivity index (χ1v) is 6.60. The molecular formula is C16H16ClN3O. The van der Waals surface area contributed by atoms with Crippen molar-refractivity contribution in [1.29, 1.82) is 0 Å². The molecule has 0 fully saturated rings. The normalized spacial score (nSPS) is 11.9. The molecule has 0 saturated carbocycles. The summed E-state index contributed by atoms with van der Waals surface area (Å²) in [5, 5.41) is 6.24. The molecule has 1 aliphatic carbocycles. The van der Waals surface area contributed by atoms with Gasteiger partial charge in [-0.3, -0.25) is 4.79 Å². The van der Waals surface area contributed by atoms with Crippen LogP contribution in [0.15, 0.2) is 66.6 Å². The predicted molar refractivity (Wildman–Crippen MR) is 78.0 cm³/mol. The summed E-state index contributed by atoms with van der Waals surface area (Å²) in [5.41, 5.74) is 2.94. The number of carbonyl (C=O) groups excluding carboxylic acids is 1. The van der Waals surface area contributed by atoms with Crippen LogP contribution in [-0.4, -0.2) is 5.91 Å². The van der Waals surface area contributed by atoms with Crippen LogP contribution < -0.4 is 27.6 Å². The molecule has 0 saturated heterocycles. The van der Waals surface area contributed by atoms with Gasteiger partial charge in [0.15, 0.2) is 12.4 Å². The van der Waals surface area contributed by atoms with Gasteiger partial charge in [-0.2, -0.15) is 4.57 Å². The Labute approximate surface area is 129 Å². The largest absolute Gasteiger partial charge is 1.00 e. The molecule has 108 valence electrons. The fourth-order valence-corrected chi connectivity index (χ4v) is 1.92. The SMILES string of the molecule is O=C(C[n+]1ccccc1)Nc1ccccc1NC1=CC1.[Cl-]. The Morgan fingerprint density at radius 2 is 1.71 bits per heavy atom. The van der Waals surface area contributed by atoms with Crippen molar-refractivity contribution in [3.63, 3.8) is 0 Å². The van der Waals surface area contributed by atoms with E-state index in [4.69, 9.17) is 0 Å². The summed E-state index contributed by atoms with van der Waals surface area (Å²) >= 11 is 0. The maximum atomic E-state index is 12.1. The van der Waals surface area contributed by atoms with E-state index in [9.17, 15) is 4.79 Å². The first-order chi connectivity index (χ1) is 9.81. The molecule has 0 spiro atoms. The molecule has 0 atom stereocenters. The molecule has 1 aromatic heterocycles. The summed E-state index contributed by atoms with van der Waals surface area (Å²) in [6.07, 6.45) is 6.86. The van der Waals surface area contributed by atoms with Gasteiger partial charge < -0.3 is 23.0 Å². The Balaban J connectivity index is 0.00000161. The zero-order valence-electron chi connectivity index (χ0n) is 11.4. The number of amides is 1. The lowest BCUT2D eigenvalue weighted by Crippen LogP contribution is -3.00. The number of rotatable bonds is 5. The minimum Gasteiger partial charge on any atom is -1.00 e. The van der Waals surface area contributed by atoms with Gasteiger partial charge in [0.2, 0.25) is 6.54 Å². The van der Waals surface area contributed by atoms with E-state index in [1.165, 1.54) is 5.70 Å². The average molecular weight is 302 g/mol.